The van der Waals surface area contributed by atoms with E-state index in [1.54, 1.807) is 4.90 Å². The Labute approximate surface area is 152 Å². The van der Waals surface area contributed by atoms with Gasteiger partial charge in [0.25, 0.3) is 0 Å². The SMILES string of the molecule is CC(C)c1ccc(NC2CCN(C(=O)OC(C)(C)C)C2)c(C(C)C)c1. The molecule has 0 radical (unpaired) electrons. The summed E-state index contributed by atoms with van der Waals surface area (Å²) in [5, 5.41) is 3.66. The monoisotopic (exact) mass is 346 g/mol. The fraction of sp³-hybridized carbons (Fsp3) is 0.667. The molecule has 1 saturated heterocycles. The second kappa shape index (κ2) is 7.67. The summed E-state index contributed by atoms with van der Waals surface area (Å²) in [5.41, 5.74) is 3.47. The number of carbonyl (C=O) groups is 1. The van der Waals surface area contributed by atoms with Crippen LogP contribution in [-0.4, -0.2) is 35.7 Å². The molecule has 0 bridgehead atoms. The lowest BCUT2D eigenvalue weighted by atomic mass is 9.94. The number of nitrogens with one attached hydrogen (secondary N) is 1. The smallest absolute Gasteiger partial charge is 0.410 e. The van der Waals surface area contributed by atoms with Crippen LogP contribution >= 0.6 is 0 Å². The van der Waals surface area contributed by atoms with Crippen molar-refractivity contribution in [3.05, 3.63) is 29.3 Å². The van der Waals surface area contributed by atoms with Crippen molar-refractivity contribution in [2.75, 3.05) is 18.4 Å². The second-order valence-corrected chi connectivity index (χ2v) is 8.71. The minimum absolute atomic E-state index is 0.212. The van der Waals surface area contributed by atoms with E-state index in [0.717, 1.165) is 13.0 Å². The number of likely N-dealkylation sites (tertiary alicyclic amines) is 1. The Morgan fingerprint density at radius 2 is 1.88 bits per heavy atom. The Kier molecular flexibility index (Phi) is 6.02. The van der Waals surface area contributed by atoms with Crippen LogP contribution in [0.4, 0.5) is 10.5 Å². The van der Waals surface area contributed by atoms with Gasteiger partial charge in [0, 0.05) is 24.8 Å². The molecule has 1 aliphatic rings. The molecule has 1 aliphatic heterocycles. The van der Waals surface area contributed by atoms with Crippen molar-refractivity contribution in [2.24, 2.45) is 0 Å². The Morgan fingerprint density at radius 3 is 2.44 bits per heavy atom. The van der Waals surface area contributed by atoms with Crippen LogP contribution in [0.5, 0.6) is 0 Å². The fourth-order valence-electron chi connectivity index (χ4n) is 3.14. The van der Waals surface area contributed by atoms with E-state index in [2.05, 4.69) is 51.2 Å². The first kappa shape index (κ1) is 19.6. The summed E-state index contributed by atoms with van der Waals surface area (Å²) >= 11 is 0. The number of anilines is 1. The molecule has 4 heteroatoms. The van der Waals surface area contributed by atoms with Crippen LogP contribution in [0.3, 0.4) is 0 Å². The zero-order valence-electron chi connectivity index (χ0n) is 16.8. The molecule has 0 aromatic heterocycles. The molecule has 2 rings (SSSR count). The molecule has 0 spiro atoms. The number of rotatable bonds is 4. The van der Waals surface area contributed by atoms with Gasteiger partial charge >= 0.3 is 6.09 Å². The van der Waals surface area contributed by atoms with Gasteiger partial charge in [-0.2, -0.15) is 0 Å². The Bertz CT molecular complexity index is 602. The predicted octanol–water partition coefficient (Wildman–Crippen LogP) is 5.35. The van der Waals surface area contributed by atoms with Gasteiger partial charge < -0.3 is 15.0 Å². The van der Waals surface area contributed by atoms with Crippen molar-refractivity contribution in [1.29, 1.82) is 0 Å². The van der Waals surface area contributed by atoms with Crippen LogP contribution in [-0.2, 0) is 4.74 Å². The first-order valence-corrected chi connectivity index (χ1v) is 9.45. The molecule has 1 aromatic rings. The van der Waals surface area contributed by atoms with Crippen molar-refractivity contribution >= 4 is 11.8 Å². The van der Waals surface area contributed by atoms with Crippen LogP contribution in [0, 0.1) is 0 Å². The van der Waals surface area contributed by atoms with Crippen molar-refractivity contribution in [1.82, 2.24) is 4.90 Å². The molecular formula is C21H34N2O2. The van der Waals surface area contributed by atoms with Crippen LogP contribution < -0.4 is 5.32 Å². The van der Waals surface area contributed by atoms with Crippen molar-refractivity contribution in [3.8, 4) is 0 Å². The maximum atomic E-state index is 12.2. The van der Waals surface area contributed by atoms with Gasteiger partial charge in [-0.05, 0) is 56.2 Å². The molecule has 25 heavy (non-hydrogen) atoms. The molecule has 1 N–H and O–H groups in total. The average Bonchev–Trinajstić information content (AvgIpc) is 2.94. The minimum atomic E-state index is -0.444. The van der Waals surface area contributed by atoms with Gasteiger partial charge in [0.05, 0.1) is 0 Å². The van der Waals surface area contributed by atoms with E-state index >= 15 is 0 Å². The van der Waals surface area contributed by atoms with Crippen LogP contribution in [0.1, 0.15) is 77.8 Å². The third-order valence-electron chi connectivity index (χ3n) is 4.56. The number of hydrogen-bond donors (Lipinski definition) is 1. The number of benzene rings is 1. The summed E-state index contributed by atoms with van der Waals surface area (Å²) in [4.78, 5) is 14.0. The highest BCUT2D eigenvalue weighted by molar-refractivity contribution is 5.69. The molecule has 1 heterocycles. The maximum absolute atomic E-state index is 12.2. The molecule has 1 atom stereocenters. The number of amides is 1. The summed E-state index contributed by atoms with van der Waals surface area (Å²) in [6, 6.07) is 6.99. The number of ether oxygens (including phenoxy) is 1. The zero-order valence-corrected chi connectivity index (χ0v) is 16.8. The molecule has 1 amide bonds. The lowest BCUT2D eigenvalue weighted by molar-refractivity contribution is 0.0293. The summed E-state index contributed by atoms with van der Waals surface area (Å²) in [6.07, 6.45) is 0.735. The summed E-state index contributed by atoms with van der Waals surface area (Å²) < 4.78 is 5.48. The van der Waals surface area contributed by atoms with Crippen LogP contribution in [0.25, 0.3) is 0 Å². The van der Waals surface area contributed by atoms with E-state index in [1.165, 1.54) is 16.8 Å². The van der Waals surface area contributed by atoms with E-state index in [9.17, 15) is 4.79 Å². The predicted molar refractivity (Wildman–Crippen MR) is 104 cm³/mol. The molecule has 4 nitrogen and oxygen atoms in total. The minimum Gasteiger partial charge on any atom is -0.444 e. The highest BCUT2D eigenvalue weighted by Gasteiger charge is 2.30. The fourth-order valence-corrected chi connectivity index (χ4v) is 3.14. The lowest BCUT2D eigenvalue weighted by Crippen LogP contribution is -2.36. The molecule has 140 valence electrons. The molecule has 0 aliphatic carbocycles. The quantitative estimate of drug-likeness (QED) is 0.798. The number of carbonyl (C=O) groups excluding carboxylic acids is 1. The Balaban J connectivity index is 2.05. The third kappa shape index (κ3) is 5.38. The summed E-state index contributed by atoms with van der Waals surface area (Å²) in [6.45, 7) is 16.1. The van der Waals surface area contributed by atoms with E-state index in [4.69, 9.17) is 4.74 Å². The van der Waals surface area contributed by atoms with Gasteiger partial charge in [0.2, 0.25) is 0 Å². The van der Waals surface area contributed by atoms with Gasteiger partial charge in [-0.25, -0.2) is 4.79 Å². The van der Waals surface area contributed by atoms with Gasteiger partial charge in [0.1, 0.15) is 5.60 Å². The molecule has 1 unspecified atom stereocenters. The highest BCUT2D eigenvalue weighted by atomic mass is 16.6. The van der Waals surface area contributed by atoms with E-state index in [-0.39, 0.29) is 12.1 Å². The van der Waals surface area contributed by atoms with E-state index in [0.29, 0.717) is 18.4 Å². The maximum Gasteiger partial charge on any atom is 0.410 e. The van der Waals surface area contributed by atoms with Crippen molar-refractivity contribution < 1.29 is 9.53 Å². The molecule has 1 aromatic carbocycles. The molecule has 1 fully saturated rings. The van der Waals surface area contributed by atoms with Gasteiger partial charge in [-0.1, -0.05) is 39.8 Å². The average molecular weight is 347 g/mol. The van der Waals surface area contributed by atoms with Gasteiger partial charge in [-0.3, -0.25) is 0 Å². The Hall–Kier alpha value is -1.71. The van der Waals surface area contributed by atoms with Crippen LogP contribution in [0.2, 0.25) is 0 Å². The number of hydrogen-bond acceptors (Lipinski definition) is 3. The second-order valence-electron chi connectivity index (χ2n) is 8.71. The normalized spacial score (nSPS) is 18.1. The molecular weight excluding hydrogens is 312 g/mol. The molecule has 0 saturated carbocycles. The first-order valence-electron chi connectivity index (χ1n) is 9.45. The van der Waals surface area contributed by atoms with Crippen molar-refractivity contribution in [3.63, 3.8) is 0 Å². The van der Waals surface area contributed by atoms with Crippen molar-refractivity contribution in [2.45, 2.75) is 78.4 Å². The standard InChI is InChI=1S/C21H34N2O2/c1-14(2)16-8-9-19(18(12-16)15(3)4)22-17-10-11-23(13-17)20(24)25-21(5,6)7/h8-9,12,14-15,17,22H,10-11,13H2,1-7H3. The van der Waals surface area contributed by atoms with E-state index < -0.39 is 5.60 Å². The lowest BCUT2D eigenvalue weighted by Gasteiger charge is -2.25. The first-order chi connectivity index (χ1) is 11.6. The Morgan fingerprint density at radius 1 is 1.20 bits per heavy atom. The topological polar surface area (TPSA) is 41.6 Å². The zero-order chi connectivity index (χ0) is 18.8. The highest BCUT2D eigenvalue weighted by Crippen LogP contribution is 2.30. The number of nitrogens with zero attached hydrogens (tertiary/aromatic N) is 1. The third-order valence-corrected chi connectivity index (χ3v) is 4.56. The van der Waals surface area contributed by atoms with Gasteiger partial charge in [0.15, 0.2) is 0 Å². The van der Waals surface area contributed by atoms with E-state index in [1.807, 2.05) is 20.8 Å². The summed E-state index contributed by atoms with van der Waals surface area (Å²) in [5.74, 6) is 0.991. The van der Waals surface area contributed by atoms with Crippen LogP contribution in [0.15, 0.2) is 18.2 Å². The van der Waals surface area contributed by atoms with Gasteiger partial charge in [-0.15, -0.1) is 0 Å². The summed E-state index contributed by atoms with van der Waals surface area (Å²) in [7, 11) is 0. The largest absolute Gasteiger partial charge is 0.444 e.